The van der Waals surface area contributed by atoms with Gasteiger partial charge in [0.15, 0.2) is 0 Å². The molecule has 1 aromatic heterocycles. The number of ether oxygens (including phenoxy) is 1. The van der Waals surface area contributed by atoms with Crippen molar-refractivity contribution in [1.82, 2.24) is 4.98 Å². The summed E-state index contributed by atoms with van der Waals surface area (Å²) >= 11 is 6.08. The molecule has 0 spiro atoms. The Bertz CT molecular complexity index is 362. The maximum atomic E-state index is 5.86. The number of halogens is 2. The quantitative estimate of drug-likeness (QED) is 0.691. The first kappa shape index (κ1) is 13.1. The van der Waals surface area contributed by atoms with Crippen LogP contribution >= 0.6 is 27.2 Å². The van der Waals surface area contributed by atoms with Crippen molar-refractivity contribution < 1.29 is 16.8 Å². The molecule has 1 aliphatic heterocycles. The number of aryl methyl sites for hydroxylation is 1. The predicted octanol–water partition coefficient (Wildman–Crippen LogP) is 4.27. The van der Waals surface area contributed by atoms with Gasteiger partial charge in [-0.1, -0.05) is 0 Å². The third-order valence-corrected chi connectivity index (χ3v) is 16.0. The van der Waals surface area contributed by atoms with Crippen LogP contribution in [0.15, 0.2) is 18.3 Å². The Kier molecular flexibility index (Phi) is 4.95. The standard InChI is InChI=1S/C11H14NO.2BrH.Zn/c1-9-8-10(5-6-12-9)11-4-2-3-7-13-11;;;/h2,5-6,8,11H,3-4,7H2,1H3;2*1H;/q;;;+2/p-2. The second-order valence-corrected chi connectivity index (χ2v) is 28.9. The normalized spacial score (nSPS) is 25.4. The fraction of sp³-hybridized carbons (Fsp3) is 0.545. The van der Waals surface area contributed by atoms with E-state index >= 15 is 0 Å². The average molecular weight is 401 g/mol. The van der Waals surface area contributed by atoms with Gasteiger partial charge in [-0.2, -0.15) is 0 Å². The third-order valence-electron chi connectivity index (χ3n) is 3.12. The van der Waals surface area contributed by atoms with E-state index in [1.807, 2.05) is 13.1 Å². The van der Waals surface area contributed by atoms with E-state index in [0.717, 1.165) is 23.2 Å². The zero-order valence-electron chi connectivity index (χ0n) is 9.33. The molecule has 1 fully saturated rings. The van der Waals surface area contributed by atoms with Crippen molar-refractivity contribution in [3.8, 4) is 0 Å². The van der Waals surface area contributed by atoms with E-state index < -0.39 is 12.0 Å². The van der Waals surface area contributed by atoms with Crippen molar-refractivity contribution in [2.75, 3.05) is 6.61 Å². The molecule has 0 aromatic carbocycles. The van der Waals surface area contributed by atoms with E-state index in [9.17, 15) is 0 Å². The van der Waals surface area contributed by atoms with Crippen LogP contribution in [-0.4, -0.2) is 11.6 Å². The zero-order valence-corrected chi connectivity index (χ0v) is 15.5. The summed E-state index contributed by atoms with van der Waals surface area (Å²) in [7, 11) is 0. The summed E-state index contributed by atoms with van der Waals surface area (Å²) in [4.78, 5) is 4.23. The molecule has 0 amide bonds. The summed E-state index contributed by atoms with van der Waals surface area (Å²) in [6.45, 7) is 2.92. The Balaban J connectivity index is 2.09. The van der Waals surface area contributed by atoms with E-state index in [0.29, 0.717) is 0 Å². The molecule has 0 radical (unpaired) electrons. The molecular weight excluding hydrogens is 387 g/mol. The molecule has 16 heavy (non-hydrogen) atoms. The fourth-order valence-electron chi connectivity index (χ4n) is 2.15. The van der Waals surface area contributed by atoms with Crippen molar-refractivity contribution in [3.63, 3.8) is 0 Å². The van der Waals surface area contributed by atoms with E-state index in [1.54, 1.807) is 0 Å². The second-order valence-electron chi connectivity index (χ2n) is 4.39. The number of hydrogen-bond acceptors (Lipinski definition) is 2. The molecule has 0 N–H and O–H groups in total. The van der Waals surface area contributed by atoms with Crippen LogP contribution < -0.4 is 0 Å². The van der Waals surface area contributed by atoms with Gasteiger partial charge in [0.25, 0.3) is 0 Å². The average Bonchev–Trinajstić information content (AvgIpc) is 2.29. The molecule has 1 aromatic rings. The minimum atomic E-state index is -1.54. The molecule has 2 rings (SSSR count). The van der Waals surface area contributed by atoms with Gasteiger partial charge in [0.1, 0.15) is 0 Å². The summed E-state index contributed by atoms with van der Waals surface area (Å²) in [6, 6.07) is 4.21. The number of nitrogens with zero attached hydrogens (tertiary/aromatic N) is 1. The van der Waals surface area contributed by atoms with Crippen molar-refractivity contribution in [1.29, 1.82) is 0 Å². The molecule has 2 heterocycles. The van der Waals surface area contributed by atoms with Crippen molar-refractivity contribution in [2.24, 2.45) is 0 Å². The molecule has 5 heteroatoms. The number of hydrogen-bond donors (Lipinski definition) is 0. The van der Waals surface area contributed by atoms with Gasteiger partial charge in [0.05, 0.1) is 0 Å². The van der Waals surface area contributed by atoms with Crippen LogP contribution in [0.3, 0.4) is 0 Å². The Labute approximate surface area is 115 Å². The first-order chi connectivity index (χ1) is 7.66. The molecule has 0 aliphatic carbocycles. The predicted molar refractivity (Wildman–Crippen MR) is 68.5 cm³/mol. The summed E-state index contributed by atoms with van der Waals surface area (Å²) in [5.74, 6) is 0. The Hall–Kier alpha value is 0.693. The van der Waals surface area contributed by atoms with Crippen LogP contribution in [0.5, 0.6) is 0 Å². The second kappa shape index (κ2) is 6.04. The van der Waals surface area contributed by atoms with E-state index in [-0.39, 0.29) is 6.10 Å². The first-order valence-corrected chi connectivity index (χ1v) is 21.3. The van der Waals surface area contributed by atoms with Crippen molar-refractivity contribution in [3.05, 3.63) is 29.6 Å². The molecule has 1 saturated heterocycles. The summed E-state index contributed by atoms with van der Waals surface area (Å²) in [6.07, 6.45) is 4.51. The van der Waals surface area contributed by atoms with Gasteiger partial charge < -0.3 is 0 Å². The van der Waals surface area contributed by atoms with E-state index in [2.05, 4.69) is 44.4 Å². The fourth-order valence-corrected chi connectivity index (χ4v) is 10.4. The SMILES string of the molecule is Cc1cc(C2C[CH]([Zn]([Br])[Br])CCO2)ccn1. The molecular formula is C11H14Br2NOZn. The molecule has 1 aliphatic rings. The van der Waals surface area contributed by atoms with Crippen LogP contribution in [0, 0.1) is 6.92 Å². The van der Waals surface area contributed by atoms with Gasteiger partial charge in [-0.25, -0.2) is 0 Å². The Morgan fingerprint density at radius 1 is 1.50 bits per heavy atom. The van der Waals surface area contributed by atoms with Gasteiger partial charge in [-0.15, -0.1) is 0 Å². The minimum absolute atomic E-state index is 0.272. The number of aromatic nitrogens is 1. The van der Waals surface area contributed by atoms with Crippen LogP contribution in [0.4, 0.5) is 0 Å². The summed E-state index contributed by atoms with van der Waals surface area (Å²) < 4.78 is 6.70. The van der Waals surface area contributed by atoms with E-state index in [4.69, 9.17) is 4.74 Å². The van der Waals surface area contributed by atoms with Gasteiger partial charge in [0, 0.05) is 0 Å². The molecule has 2 atom stereocenters. The van der Waals surface area contributed by atoms with E-state index in [1.165, 1.54) is 12.0 Å². The van der Waals surface area contributed by atoms with Crippen LogP contribution in [-0.2, 0) is 16.8 Å². The first-order valence-electron chi connectivity index (χ1n) is 5.66. The molecule has 0 bridgehead atoms. The van der Waals surface area contributed by atoms with Gasteiger partial charge >= 0.3 is 116 Å². The summed E-state index contributed by atoms with van der Waals surface area (Å²) in [5, 5.41) is 0. The Morgan fingerprint density at radius 3 is 3.00 bits per heavy atom. The van der Waals surface area contributed by atoms with Gasteiger partial charge in [-0.3, -0.25) is 0 Å². The van der Waals surface area contributed by atoms with Gasteiger partial charge in [-0.05, 0) is 0 Å². The molecule has 2 unspecified atom stereocenters. The monoisotopic (exact) mass is 398 g/mol. The van der Waals surface area contributed by atoms with Crippen molar-refractivity contribution in [2.45, 2.75) is 30.4 Å². The Morgan fingerprint density at radius 2 is 2.31 bits per heavy atom. The maximum absolute atomic E-state index is 5.86. The molecule has 2 nitrogen and oxygen atoms in total. The zero-order chi connectivity index (χ0) is 11.5. The van der Waals surface area contributed by atoms with Crippen LogP contribution in [0.2, 0.25) is 4.51 Å². The number of rotatable bonds is 2. The van der Waals surface area contributed by atoms with Crippen molar-refractivity contribution >= 4 is 27.2 Å². The third kappa shape index (κ3) is 3.35. The number of pyridine rings is 1. The van der Waals surface area contributed by atoms with Crippen LogP contribution in [0.25, 0.3) is 0 Å². The topological polar surface area (TPSA) is 22.1 Å². The van der Waals surface area contributed by atoms with Crippen LogP contribution in [0.1, 0.15) is 30.2 Å². The molecule has 85 valence electrons. The molecule has 0 saturated carbocycles. The van der Waals surface area contributed by atoms with Gasteiger partial charge in [0.2, 0.25) is 0 Å². The summed E-state index contributed by atoms with van der Waals surface area (Å²) in [5.41, 5.74) is 2.35.